The summed E-state index contributed by atoms with van der Waals surface area (Å²) in [6.07, 6.45) is 3.23. The minimum absolute atomic E-state index is 0.0424. The molecule has 28 heavy (non-hydrogen) atoms. The Labute approximate surface area is 168 Å². The molecular weight excluding hydrogens is 406 g/mol. The van der Waals surface area contributed by atoms with E-state index in [0.29, 0.717) is 29.0 Å². The van der Waals surface area contributed by atoms with Gasteiger partial charge in [0.15, 0.2) is 10.9 Å². The van der Waals surface area contributed by atoms with E-state index in [1.807, 2.05) is 0 Å². The monoisotopic (exact) mass is 419 g/mol. The zero-order valence-electron chi connectivity index (χ0n) is 14.4. The van der Waals surface area contributed by atoms with Crippen LogP contribution in [0.3, 0.4) is 0 Å². The Morgan fingerprint density at radius 2 is 2.25 bits per heavy atom. The van der Waals surface area contributed by atoms with Crippen molar-refractivity contribution in [3.05, 3.63) is 64.4 Å². The van der Waals surface area contributed by atoms with Gasteiger partial charge in [0, 0.05) is 18.7 Å². The average Bonchev–Trinajstić information content (AvgIpc) is 3.31. The van der Waals surface area contributed by atoms with E-state index in [2.05, 4.69) is 22.1 Å². The van der Waals surface area contributed by atoms with E-state index in [0.717, 1.165) is 0 Å². The number of furan rings is 1. The molecule has 0 aliphatic rings. The molecule has 2 aromatic heterocycles. The summed E-state index contributed by atoms with van der Waals surface area (Å²) >= 11 is 7.17. The molecule has 9 nitrogen and oxygen atoms in total. The molecule has 0 saturated carbocycles. The first-order valence-electron chi connectivity index (χ1n) is 7.94. The minimum atomic E-state index is -0.559. The lowest BCUT2D eigenvalue weighted by Gasteiger charge is -2.08. The van der Waals surface area contributed by atoms with Gasteiger partial charge in [0.1, 0.15) is 0 Å². The average molecular weight is 420 g/mol. The Morgan fingerprint density at radius 1 is 1.43 bits per heavy atom. The summed E-state index contributed by atoms with van der Waals surface area (Å²) in [4.78, 5) is 22.4. The molecule has 1 aromatic carbocycles. The largest absolute Gasteiger partial charge is 0.461 e. The highest BCUT2D eigenvalue weighted by molar-refractivity contribution is 7.99. The first-order valence-corrected chi connectivity index (χ1v) is 9.30. The fraction of sp³-hybridized carbons (Fsp3) is 0.118. The number of nitrogens with zero attached hydrogens (tertiary/aromatic N) is 4. The Bertz CT molecular complexity index is 1020. The topological polar surface area (TPSA) is 116 Å². The Kier molecular flexibility index (Phi) is 6.12. The molecule has 0 atom stereocenters. The molecule has 0 aliphatic carbocycles. The maximum atomic E-state index is 12.2. The number of non-ortho nitro benzene ring substituents is 1. The molecule has 3 rings (SSSR count). The second-order valence-electron chi connectivity index (χ2n) is 5.44. The van der Waals surface area contributed by atoms with Crippen molar-refractivity contribution in [1.29, 1.82) is 0 Å². The van der Waals surface area contributed by atoms with Crippen LogP contribution in [0.15, 0.2) is 58.8 Å². The summed E-state index contributed by atoms with van der Waals surface area (Å²) in [7, 11) is 0. The molecular formula is C17H14ClN5O4S. The Morgan fingerprint density at radius 3 is 2.89 bits per heavy atom. The predicted octanol–water partition coefficient (Wildman–Crippen LogP) is 4.02. The van der Waals surface area contributed by atoms with Crippen LogP contribution in [-0.2, 0) is 11.3 Å². The third kappa shape index (κ3) is 4.41. The number of carbonyl (C=O) groups excluding carboxylic acids is 1. The second kappa shape index (κ2) is 8.72. The highest BCUT2D eigenvalue weighted by atomic mass is 35.5. The number of benzene rings is 1. The lowest BCUT2D eigenvalue weighted by atomic mass is 10.3. The fourth-order valence-corrected chi connectivity index (χ4v) is 3.28. The number of anilines is 1. The smallest absolute Gasteiger partial charge is 0.271 e. The summed E-state index contributed by atoms with van der Waals surface area (Å²) in [5, 5.41) is 22.2. The SMILES string of the molecule is C=CCn1c(SCC(=O)Nc2ccc([N+](=O)[O-])cc2Cl)nnc1-c1ccco1. The lowest BCUT2D eigenvalue weighted by molar-refractivity contribution is -0.384. The van der Waals surface area contributed by atoms with Crippen molar-refractivity contribution < 1.29 is 14.1 Å². The van der Waals surface area contributed by atoms with Gasteiger partial charge < -0.3 is 9.73 Å². The molecule has 0 bridgehead atoms. The number of nitrogens with one attached hydrogen (secondary N) is 1. The molecule has 0 fully saturated rings. The van der Waals surface area contributed by atoms with Gasteiger partial charge in [0.05, 0.1) is 27.6 Å². The summed E-state index contributed by atoms with van der Waals surface area (Å²) < 4.78 is 7.14. The summed E-state index contributed by atoms with van der Waals surface area (Å²) in [6.45, 7) is 4.17. The van der Waals surface area contributed by atoms with E-state index >= 15 is 0 Å². The van der Waals surface area contributed by atoms with Crippen LogP contribution in [0.2, 0.25) is 5.02 Å². The van der Waals surface area contributed by atoms with Crippen LogP contribution in [0.5, 0.6) is 0 Å². The number of rotatable bonds is 8. The number of carbonyl (C=O) groups is 1. The standard InChI is InChI=1S/C17H14ClN5O4S/c1-2-7-22-16(14-4-3-8-27-14)20-21-17(22)28-10-15(24)19-13-6-5-11(23(25)26)9-12(13)18/h2-6,8-9H,1,7,10H2,(H,19,24). The van der Waals surface area contributed by atoms with Crippen LogP contribution in [0, 0.1) is 10.1 Å². The van der Waals surface area contributed by atoms with Gasteiger partial charge in [-0.1, -0.05) is 29.4 Å². The van der Waals surface area contributed by atoms with Crippen molar-refractivity contribution in [2.24, 2.45) is 0 Å². The molecule has 0 unspecified atom stereocenters. The number of halogens is 1. The van der Waals surface area contributed by atoms with Crippen molar-refractivity contribution in [1.82, 2.24) is 14.8 Å². The number of hydrogen-bond donors (Lipinski definition) is 1. The quantitative estimate of drug-likeness (QED) is 0.253. The summed E-state index contributed by atoms with van der Waals surface area (Å²) in [5.41, 5.74) is 0.141. The number of nitro groups is 1. The Hall–Kier alpha value is -3.11. The number of hydrogen-bond acceptors (Lipinski definition) is 7. The number of nitro benzene ring substituents is 1. The molecule has 11 heteroatoms. The van der Waals surface area contributed by atoms with Crippen LogP contribution < -0.4 is 5.32 Å². The molecule has 0 spiro atoms. The molecule has 0 aliphatic heterocycles. The zero-order valence-corrected chi connectivity index (χ0v) is 15.9. The molecule has 2 heterocycles. The molecule has 1 amide bonds. The van der Waals surface area contributed by atoms with Crippen molar-refractivity contribution in [2.45, 2.75) is 11.7 Å². The van der Waals surface area contributed by atoms with Crippen LogP contribution in [0.25, 0.3) is 11.6 Å². The normalized spacial score (nSPS) is 10.6. The molecule has 0 saturated heterocycles. The van der Waals surface area contributed by atoms with Crippen LogP contribution in [-0.4, -0.2) is 31.3 Å². The van der Waals surface area contributed by atoms with Gasteiger partial charge in [-0.3, -0.25) is 19.5 Å². The first-order chi connectivity index (χ1) is 13.5. The third-order valence-electron chi connectivity index (χ3n) is 3.54. The van der Waals surface area contributed by atoms with Crippen molar-refractivity contribution in [3.63, 3.8) is 0 Å². The summed E-state index contributed by atoms with van der Waals surface area (Å²) in [5.74, 6) is 0.795. The van der Waals surface area contributed by atoms with E-state index in [-0.39, 0.29) is 22.4 Å². The molecule has 0 radical (unpaired) electrons. The van der Waals surface area contributed by atoms with E-state index < -0.39 is 4.92 Å². The van der Waals surface area contributed by atoms with Gasteiger partial charge in [0.25, 0.3) is 5.69 Å². The number of amides is 1. The maximum Gasteiger partial charge on any atom is 0.271 e. The Balaban J connectivity index is 1.68. The highest BCUT2D eigenvalue weighted by Gasteiger charge is 2.17. The lowest BCUT2D eigenvalue weighted by Crippen LogP contribution is -2.15. The van der Waals surface area contributed by atoms with Gasteiger partial charge in [-0.05, 0) is 18.2 Å². The highest BCUT2D eigenvalue weighted by Crippen LogP contribution is 2.28. The van der Waals surface area contributed by atoms with Gasteiger partial charge in [-0.25, -0.2) is 0 Å². The number of thioether (sulfide) groups is 1. The van der Waals surface area contributed by atoms with Crippen LogP contribution >= 0.6 is 23.4 Å². The van der Waals surface area contributed by atoms with Gasteiger partial charge >= 0.3 is 0 Å². The van der Waals surface area contributed by atoms with Crippen molar-refractivity contribution >= 4 is 40.6 Å². The summed E-state index contributed by atoms with van der Waals surface area (Å²) in [6, 6.07) is 7.35. The number of aromatic nitrogens is 3. The maximum absolute atomic E-state index is 12.2. The third-order valence-corrected chi connectivity index (χ3v) is 4.82. The van der Waals surface area contributed by atoms with Gasteiger partial charge in [-0.2, -0.15) is 0 Å². The van der Waals surface area contributed by atoms with Crippen molar-refractivity contribution in [2.75, 3.05) is 11.1 Å². The first kappa shape index (κ1) is 19.6. The predicted molar refractivity (Wildman–Crippen MR) is 105 cm³/mol. The number of allylic oxidation sites excluding steroid dienone is 1. The molecule has 1 N–H and O–H groups in total. The second-order valence-corrected chi connectivity index (χ2v) is 6.79. The van der Waals surface area contributed by atoms with Gasteiger partial charge in [0.2, 0.25) is 11.7 Å². The zero-order chi connectivity index (χ0) is 20.1. The van der Waals surface area contributed by atoms with E-state index in [1.165, 1.54) is 36.2 Å². The van der Waals surface area contributed by atoms with Crippen LogP contribution in [0.1, 0.15) is 0 Å². The van der Waals surface area contributed by atoms with E-state index in [1.54, 1.807) is 22.8 Å². The van der Waals surface area contributed by atoms with Crippen LogP contribution in [0.4, 0.5) is 11.4 Å². The van der Waals surface area contributed by atoms with Crippen molar-refractivity contribution in [3.8, 4) is 11.6 Å². The van der Waals surface area contributed by atoms with E-state index in [4.69, 9.17) is 16.0 Å². The van der Waals surface area contributed by atoms with Gasteiger partial charge in [-0.15, -0.1) is 16.8 Å². The molecule has 144 valence electrons. The van der Waals surface area contributed by atoms with E-state index in [9.17, 15) is 14.9 Å². The molecule has 3 aromatic rings. The minimum Gasteiger partial charge on any atom is -0.461 e. The fourth-order valence-electron chi connectivity index (χ4n) is 2.31.